The molecule has 0 amide bonds. The first-order valence-electron chi connectivity index (χ1n) is 7.93. The first-order chi connectivity index (χ1) is 12.7. The second-order valence-corrected chi connectivity index (χ2v) is 6.59. The summed E-state index contributed by atoms with van der Waals surface area (Å²) >= 11 is 7.68. The average molecular weight is 389 g/mol. The molecule has 0 spiro atoms. The summed E-state index contributed by atoms with van der Waals surface area (Å²) in [5.41, 5.74) is 1.82. The Morgan fingerprint density at radius 2 is 2.15 bits per heavy atom. The summed E-state index contributed by atoms with van der Waals surface area (Å²) in [5, 5.41) is 23.5. The number of hydrogen-bond acceptors (Lipinski definition) is 6. The Morgan fingerprint density at radius 1 is 1.31 bits per heavy atom. The Kier molecular flexibility index (Phi) is 6.14. The number of phenolic OH excluding ortho intramolecular Hbond substituents is 1. The Bertz CT molecular complexity index is 914. The van der Waals surface area contributed by atoms with Gasteiger partial charge in [-0.1, -0.05) is 41.6 Å². The van der Waals surface area contributed by atoms with Gasteiger partial charge in [-0.05, 0) is 42.3 Å². The Balaban J connectivity index is 1.71. The van der Waals surface area contributed by atoms with E-state index in [1.807, 2.05) is 31.2 Å². The van der Waals surface area contributed by atoms with Gasteiger partial charge in [0.2, 0.25) is 5.16 Å². The van der Waals surface area contributed by atoms with Gasteiger partial charge in [0.1, 0.15) is 6.33 Å². The number of thioether (sulfide) groups is 1. The molecular weight excluding hydrogens is 372 g/mol. The molecule has 0 radical (unpaired) electrons. The van der Waals surface area contributed by atoms with Gasteiger partial charge in [-0.2, -0.15) is 9.78 Å². The lowest BCUT2D eigenvalue weighted by Gasteiger charge is -2.06. The van der Waals surface area contributed by atoms with E-state index in [4.69, 9.17) is 16.3 Å². The summed E-state index contributed by atoms with van der Waals surface area (Å²) < 4.78 is 6.97. The Hall–Kier alpha value is -2.51. The molecule has 3 rings (SSSR count). The monoisotopic (exact) mass is 388 g/mol. The van der Waals surface area contributed by atoms with Crippen LogP contribution in [0.5, 0.6) is 11.5 Å². The smallest absolute Gasteiger partial charge is 0.212 e. The molecule has 26 heavy (non-hydrogen) atoms. The predicted octanol–water partition coefficient (Wildman–Crippen LogP) is 4.21. The molecule has 8 heteroatoms. The van der Waals surface area contributed by atoms with Gasteiger partial charge in [0.25, 0.3) is 0 Å². The highest BCUT2D eigenvalue weighted by molar-refractivity contribution is 7.98. The summed E-state index contributed by atoms with van der Waals surface area (Å²) in [4.78, 5) is 0. The van der Waals surface area contributed by atoms with E-state index < -0.39 is 0 Å². The largest absolute Gasteiger partial charge is 0.504 e. The maximum atomic E-state index is 9.75. The van der Waals surface area contributed by atoms with E-state index in [1.165, 1.54) is 18.1 Å². The molecule has 2 aromatic carbocycles. The zero-order valence-electron chi connectivity index (χ0n) is 14.0. The van der Waals surface area contributed by atoms with Crippen LogP contribution in [0.2, 0.25) is 5.02 Å². The zero-order chi connectivity index (χ0) is 18.4. The molecule has 1 heterocycles. The van der Waals surface area contributed by atoms with Crippen LogP contribution < -0.4 is 4.74 Å². The molecule has 0 aliphatic rings. The minimum atomic E-state index is 0.101. The molecule has 0 fully saturated rings. The van der Waals surface area contributed by atoms with Crippen LogP contribution in [0.25, 0.3) is 0 Å². The Labute approximate surface area is 160 Å². The number of aromatic hydroxyl groups is 1. The van der Waals surface area contributed by atoms with E-state index >= 15 is 0 Å². The molecule has 6 nitrogen and oxygen atoms in total. The van der Waals surface area contributed by atoms with E-state index in [1.54, 1.807) is 29.1 Å². The van der Waals surface area contributed by atoms with Crippen molar-refractivity contribution in [3.8, 4) is 11.5 Å². The van der Waals surface area contributed by atoms with Crippen molar-refractivity contribution < 1.29 is 9.84 Å². The fourth-order valence-electron chi connectivity index (χ4n) is 2.16. The first-order valence-corrected chi connectivity index (χ1v) is 9.30. The molecule has 0 saturated carbocycles. The lowest BCUT2D eigenvalue weighted by atomic mass is 10.2. The molecule has 1 N–H and O–H groups in total. The van der Waals surface area contributed by atoms with Crippen LogP contribution in [0.3, 0.4) is 0 Å². The van der Waals surface area contributed by atoms with Gasteiger partial charge in [0.05, 0.1) is 12.8 Å². The van der Waals surface area contributed by atoms with E-state index in [0.29, 0.717) is 23.3 Å². The van der Waals surface area contributed by atoms with Gasteiger partial charge in [0.15, 0.2) is 11.5 Å². The van der Waals surface area contributed by atoms with Crippen molar-refractivity contribution in [3.63, 3.8) is 0 Å². The van der Waals surface area contributed by atoms with Crippen LogP contribution >= 0.6 is 23.4 Å². The number of phenols is 1. The van der Waals surface area contributed by atoms with E-state index in [-0.39, 0.29) is 5.75 Å². The molecule has 0 unspecified atom stereocenters. The molecular formula is C18H17ClN4O2S. The van der Waals surface area contributed by atoms with Crippen molar-refractivity contribution in [2.75, 3.05) is 6.61 Å². The Morgan fingerprint density at radius 3 is 2.96 bits per heavy atom. The third-order valence-corrected chi connectivity index (χ3v) is 4.78. The fourth-order valence-corrected chi connectivity index (χ4v) is 3.31. The summed E-state index contributed by atoms with van der Waals surface area (Å²) in [7, 11) is 0. The minimum absolute atomic E-state index is 0.101. The highest BCUT2D eigenvalue weighted by Crippen LogP contribution is 2.27. The molecule has 1 aromatic heterocycles. The van der Waals surface area contributed by atoms with Crippen LogP contribution in [0, 0.1) is 0 Å². The van der Waals surface area contributed by atoms with Gasteiger partial charge in [0, 0.05) is 10.8 Å². The lowest BCUT2D eigenvalue weighted by Crippen LogP contribution is -1.95. The van der Waals surface area contributed by atoms with Gasteiger partial charge >= 0.3 is 0 Å². The van der Waals surface area contributed by atoms with Gasteiger partial charge < -0.3 is 9.84 Å². The van der Waals surface area contributed by atoms with Crippen LogP contribution in [0.1, 0.15) is 18.1 Å². The fraction of sp³-hybridized carbons (Fsp3) is 0.167. The number of ether oxygens (including phenoxy) is 1. The normalized spacial score (nSPS) is 11.2. The summed E-state index contributed by atoms with van der Waals surface area (Å²) in [5.74, 6) is 1.19. The maximum Gasteiger partial charge on any atom is 0.212 e. The van der Waals surface area contributed by atoms with E-state index in [9.17, 15) is 5.11 Å². The maximum absolute atomic E-state index is 9.75. The highest BCUT2D eigenvalue weighted by atomic mass is 35.5. The predicted molar refractivity (Wildman–Crippen MR) is 103 cm³/mol. The van der Waals surface area contributed by atoms with Crippen molar-refractivity contribution in [1.29, 1.82) is 0 Å². The molecule has 3 aromatic rings. The number of aromatic nitrogens is 3. The standard InChI is InChI=1S/C18H17ClN4O2S/c1-2-25-17-9-13(7-8-16(17)24)10-21-23-12-20-22-18(23)26-11-14-5-3-4-6-15(14)19/h3-10,12,24H,2,11H2,1H3/b21-10+. The molecule has 0 atom stereocenters. The van der Waals surface area contributed by atoms with Crippen LogP contribution in [-0.2, 0) is 5.75 Å². The third kappa shape index (κ3) is 4.56. The average Bonchev–Trinajstić information content (AvgIpc) is 3.09. The number of nitrogens with zero attached hydrogens (tertiary/aromatic N) is 4. The lowest BCUT2D eigenvalue weighted by molar-refractivity contribution is 0.318. The number of benzene rings is 2. The third-order valence-electron chi connectivity index (χ3n) is 3.43. The number of hydrogen-bond donors (Lipinski definition) is 1. The zero-order valence-corrected chi connectivity index (χ0v) is 15.6. The highest BCUT2D eigenvalue weighted by Gasteiger charge is 2.07. The van der Waals surface area contributed by atoms with Crippen molar-refractivity contribution in [2.45, 2.75) is 17.8 Å². The summed E-state index contributed by atoms with van der Waals surface area (Å²) in [6.07, 6.45) is 3.19. The van der Waals surface area contributed by atoms with Gasteiger partial charge in [-0.25, -0.2) is 0 Å². The molecule has 0 aliphatic heterocycles. The molecule has 134 valence electrons. The van der Waals surface area contributed by atoms with Crippen molar-refractivity contribution in [3.05, 3.63) is 64.9 Å². The minimum Gasteiger partial charge on any atom is -0.504 e. The van der Waals surface area contributed by atoms with E-state index in [0.717, 1.165) is 16.1 Å². The quantitative estimate of drug-likeness (QED) is 0.484. The van der Waals surface area contributed by atoms with Gasteiger partial charge in [-0.3, -0.25) is 0 Å². The topological polar surface area (TPSA) is 72.5 Å². The molecule has 0 bridgehead atoms. The summed E-state index contributed by atoms with van der Waals surface area (Å²) in [6, 6.07) is 12.7. The van der Waals surface area contributed by atoms with Crippen molar-refractivity contribution >= 4 is 29.6 Å². The van der Waals surface area contributed by atoms with Gasteiger partial charge in [-0.15, -0.1) is 10.2 Å². The van der Waals surface area contributed by atoms with Crippen molar-refractivity contribution in [1.82, 2.24) is 14.9 Å². The number of rotatable bonds is 7. The SMILES string of the molecule is CCOc1cc(/C=N/n2cnnc2SCc2ccccc2Cl)ccc1O. The van der Waals surface area contributed by atoms with Crippen LogP contribution in [0.4, 0.5) is 0 Å². The van der Waals surface area contributed by atoms with E-state index in [2.05, 4.69) is 15.3 Å². The number of halogens is 1. The molecule has 0 aliphatic carbocycles. The first kappa shape index (κ1) is 18.3. The van der Waals surface area contributed by atoms with Crippen LogP contribution in [0.15, 0.2) is 59.0 Å². The second kappa shape index (κ2) is 8.73. The van der Waals surface area contributed by atoms with Crippen LogP contribution in [-0.4, -0.2) is 32.8 Å². The van der Waals surface area contributed by atoms with Crippen molar-refractivity contribution in [2.24, 2.45) is 5.10 Å². The second-order valence-electron chi connectivity index (χ2n) is 5.24. The molecule has 0 saturated heterocycles. The summed E-state index contributed by atoms with van der Waals surface area (Å²) in [6.45, 7) is 2.34.